The molecule has 0 saturated heterocycles. The van der Waals surface area contributed by atoms with E-state index in [9.17, 15) is 4.79 Å². The molecule has 0 N–H and O–H groups in total. The van der Waals surface area contributed by atoms with Crippen LogP contribution in [0.4, 0.5) is 0 Å². The molecule has 0 aliphatic heterocycles. The van der Waals surface area contributed by atoms with Crippen molar-refractivity contribution in [3.8, 4) is 17.2 Å². The molecule has 3 heteroatoms. The van der Waals surface area contributed by atoms with Crippen molar-refractivity contribution in [1.82, 2.24) is 0 Å². The van der Waals surface area contributed by atoms with Crippen molar-refractivity contribution in [2.45, 2.75) is 13.3 Å². The quantitative estimate of drug-likeness (QED) is 0.794. The van der Waals surface area contributed by atoms with Gasteiger partial charge in [0.2, 0.25) is 0 Å². The number of benzene rings is 2. The lowest BCUT2D eigenvalue weighted by atomic mass is 9.98. The maximum Gasteiger partial charge on any atom is 0.338 e. The summed E-state index contributed by atoms with van der Waals surface area (Å²) in [6.07, 6.45) is 0.389. The Bertz CT molecular complexity index is 639. The van der Waals surface area contributed by atoms with Crippen LogP contribution in [0.1, 0.15) is 22.8 Å². The average Bonchev–Trinajstić information content (AvgIpc) is 2.49. The second kappa shape index (κ2) is 6.53. The third-order valence-electron chi connectivity index (χ3n) is 2.97. The maximum absolute atomic E-state index is 11.9. The van der Waals surface area contributed by atoms with Gasteiger partial charge in [-0.2, -0.15) is 5.26 Å². The minimum Gasteiger partial charge on any atom is -0.462 e. The van der Waals surface area contributed by atoms with Gasteiger partial charge >= 0.3 is 5.97 Å². The molecule has 0 bridgehead atoms. The molecule has 0 aliphatic carbocycles. The normalized spacial score (nSPS) is 9.80. The molecule has 2 rings (SSSR count). The molecule has 2 aromatic carbocycles. The van der Waals surface area contributed by atoms with Crippen LogP contribution in [0.25, 0.3) is 11.1 Å². The van der Waals surface area contributed by atoms with Gasteiger partial charge in [0.1, 0.15) is 0 Å². The Morgan fingerprint density at radius 2 is 1.85 bits per heavy atom. The predicted molar refractivity (Wildman–Crippen MR) is 77.2 cm³/mol. The number of nitriles is 1. The van der Waals surface area contributed by atoms with Crippen molar-refractivity contribution < 1.29 is 9.53 Å². The molecular weight excluding hydrogens is 250 g/mol. The molecule has 0 spiro atoms. The molecule has 0 unspecified atom stereocenters. The van der Waals surface area contributed by atoms with Gasteiger partial charge in [0.15, 0.2) is 0 Å². The third-order valence-corrected chi connectivity index (χ3v) is 2.97. The van der Waals surface area contributed by atoms with E-state index >= 15 is 0 Å². The number of rotatable bonds is 4. The van der Waals surface area contributed by atoms with Crippen molar-refractivity contribution in [1.29, 1.82) is 5.26 Å². The van der Waals surface area contributed by atoms with Gasteiger partial charge < -0.3 is 4.74 Å². The fourth-order valence-electron chi connectivity index (χ4n) is 2.02. The standard InChI is InChI=1S/C17H15NO2/c1-2-20-17(19)16-6-4-3-5-15(16)14-9-7-13(8-10-14)11-12-18/h3-10H,2,11H2,1H3. The van der Waals surface area contributed by atoms with Gasteiger partial charge in [0, 0.05) is 0 Å². The molecule has 0 radical (unpaired) electrons. The van der Waals surface area contributed by atoms with Crippen LogP contribution in [0.15, 0.2) is 48.5 Å². The molecule has 0 saturated carbocycles. The zero-order valence-corrected chi connectivity index (χ0v) is 11.3. The molecule has 2 aromatic rings. The maximum atomic E-state index is 11.9. The Hall–Kier alpha value is -2.60. The summed E-state index contributed by atoms with van der Waals surface area (Å²) >= 11 is 0. The summed E-state index contributed by atoms with van der Waals surface area (Å²) in [6, 6.07) is 17.1. The highest BCUT2D eigenvalue weighted by Gasteiger charge is 2.12. The van der Waals surface area contributed by atoms with Crippen molar-refractivity contribution in [3.63, 3.8) is 0 Å². The summed E-state index contributed by atoms with van der Waals surface area (Å²) in [4.78, 5) is 11.9. The monoisotopic (exact) mass is 265 g/mol. The lowest BCUT2D eigenvalue weighted by Crippen LogP contribution is -2.06. The number of hydrogen-bond donors (Lipinski definition) is 0. The van der Waals surface area contributed by atoms with E-state index in [-0.39, 0.29) is 5.97 Å². The second-order valence-corrected chi connectivity index (χ2v) is 4.30. The van der Waals surface area contributed by atoms with E-state index < -0.39 is 0 Å². The molecule has 20 heavy (non-hydrogen) atoms. The SMILES string of the molecule is CCOC(=O)c1ccccc1-c1ccc(CC#N)cc1. The van der Waals surface area contributed by atoms with Gasteiger partial charge in [-0.15, -0.1) is 0 Å². The van der Waals surface area contributed by atoms with Crippen LogP contribution in [0.5, 0.6) is 0 Å². The topological polar surface area (TPSA) is 50.1 Å². The summed E-state index contributed by atoms with van der Waals surface area (Å²) < 4.78 is 5.07. The van der Waals surface area contributed by atoms with Gasteiger partial charge in [-0.05, 0) is 29.7 Å². The molecule has 0 fully saturated rings. The smallest absolute Gasteiger partial charge is 0.338 e. The van der Waals surface area contributed by atoms with Crippen LogP contribution >= 0.6 is 0 Å². The molecule has 3 nitrogen and oxygen atoms in total. The first-order chi connectivity index (χ1) is 9.76. The summed E-state index contributed by atoms with van der Waals surface area (Å²) in [6.45, 7) is 2.14. The number of esters is 1. The zero-order valence-electron chi connectivity index (χ0n) is 11.3. The van der Waals surface area contributed by atoms with Crippen LogP contribution in [0, 0.1) is 11.3 Å². The van der Waals surface area contributed by atoms with E-state index in [1.54, 1.807) is 13.0 Å². The Labute approximate surface area is 118 Å². The Kier molecular flexibility index (Phi) is 4.52. The lowest BCUT2D eigenvalue weighted by Gasteiger charge is -2.09. The molecule has 0 amide bonds. The first kappa shape index (κ1) is 13.8. The van der Waals surface area contributed by atoms with E-state index in [1.165, 1.54) is 0 Å². The van der Waals surface area contributed by atoms with Crippen molar-refractivity contribution in [2.24, 2.45) is 0 Å². The molecular formula is C17H15NO2. The van der Waals surface area contributed by atoms with Gasteiger partial charge in [-0.3, -0.25) is 0 Å². The van der Waals surface area contributed by atoms with E-state index in [1.807, 2.05) is 42.5 Å². The Morgan fingerprint density at radius 3 is 2.50 bits per heavy atom. The van der Waals surface area contributed by atoms with Crippen LogP contribution in [0.3, 0.4) is 0 Å². The summed E-state index contributed by atoms with van der Waals surface area (Å²) in [7, 11) is 0. The summed E-state index contributed by atoms with van der Waals surface area (Å²) in [5.74, 6) is -0.316. The number of hydrogen-bond acceptors (Lipinski definition) is 3. The number of carbonyl (C=O) groups is 1. The molecule has 100 valence electrons. The van der Waals surface area contributed by atoms with Crippen LogP contribution in [-0.2, 0) is 11.2 Å². The van der Waals surface area contributed by atoms with E-state index in [0.717, 1.165) is 16.7 Å². The fraction of sp³-hybridized carbons (Fsp3) is 0.176. The predicted octanol–water partition coefficient (Wildman–Crippen LogP) is 3.60. The average molecular weight is 265 g/mol. The van der Waals surface area contributed by atoms with Gasteiger partial charge in [0.25, 0.3) is 0 Å². The van der Waals surface area contributed by atoms with Crippen molar-refractivity contribution in [2.75, 3.05) is 6.61 Å². The van der Waals surface area contributed by atoms with Gasteiger partial charge in [-0.1, -0.05) is 42.5 Å². The van der Waals surface area contributed by atoms with Crippen LogP contribution in [0.2, 0.25) is 0 Å². The minimum absolute atomic E-state index is 0.316. The molecule has 0 aliphatic rings. The number of nitrogens with zero attached hydrogens (tertiary/aromatic N) is 1. The highest BCUT2D eigenvalue weighted by molar-refractivity contribution is 5.97. The fourth-order valence-corrected chi connectivity index (χ4v) is 2.02. The first-order valence-corrected chi connectivity index (χ1v) is 6.48. The zero-order chi connectivity index (χ0) is 14.4. The highest BCUT2D eigenvalue weighted by atomic mass is 16.5. The second-order valence-electron chi connectivity index (χ2n) is 4.30. The largest absolute Gasteiger partial charge is 0.462 e. The minimum atomic E-state index is -0.316. The highest BCUT2D eigenvalue weighted by Crippen LogP contribution is 2.24. The van der Waals surface area contributed by atoms with Crippen molar-refractivity contribution in [3.05, 3.63) is 59.7 Å². The van der Waals surface area contributed by atoms with E-state index in [2.05, 4.69) is 6.07 Å². The van der Waals surface area contributed by atoms with Gasteiger partial charge in [0.05, 0.1) is 24.7 Å². The van der Waals surface area contributed by atoms with Crippen molar-refractivity contribution >= 4 is 5.97 Å². The molecule has 0 atom stereocenters. The van der Waals surface area contributed by atoms with Gasteiger partial charge in [-0.25, -0.2) is 4.79 Å². The molecule has 0 aromatic heterocycles. The van der Waals surface area contributed by atoms with Crippen LogP contribution < -0.4 is 0 Å². The van der Waals surface area contributed by atoms with E-state index in [0.29, 0.717) is 18.6 Å². The Morgan fingerprint density at radius 1 is 1.15 bits per heavy atom. The van der Waals surface area contributed by atoms with E-state index in [4.69, 9.17) is 10.00 Å². The first-order valence-electron chi connectivity index (χ1n) is 6.48. The number of carbonyl (C=O) groups excluding carboxylic acids is 1. The number of ether oxygens (including phenoxy) is 1. The lowest BCUT2D eigenvalue weighted by molar-refractivity contribution is 0.0527. The summed E-state index contributed by atoms with van der Waals surface area (Å²) in [5.41, 5.74) is 3.30. The third kappa shape index (κ3) is 3.04. The van der Waals surface area contributed by atoms with Crippen LogP contribution in [-0.4, -0.2) is 12.6 Å². The molecule has 0 heterocycles. The summed E-state index contributed by atoms with van der Waals surface area (Å²) in [5, 5.41) is 8.67. The Balaban J connectivity index is 2.37.